The van der Waals surface area contributed by atoms with Crippen LogP contribution in [0.3, 0.4) is 0 Å². The summed E-state index contributed by atoms with van der Waals surface area (Å²) in [5.41, 5.74) is 1.88. The highest BCUT2D eigenvalue weighted by molar-refractivity contribution is 6.62. The predicted octanol–water partition coefficient (Wildman–Crippen LogP) is 2.28. The molecule has 2 fully saturated rings. The van der Waals surface area contributed by atoms with Gasteiger partial charge in [-0.15, -0.1) is 12.4 Å². The first-order valence-corrected chi connectivity index (χ1v) is 8.62. The zero-order chi connectivity index (χ0) is 16.5. The second-order valence-electron chi connectivity index (χ2n) is 7.53. The molecule has 1 aromatic carbocycles. The van der Waals surface area contributed by atoms with Crippen LogP contribution in [0.25, 0.3) is 0 Å². The van der Waals surface area contributed by atoms with Crippen LogP contribution in [-0.4, -0.2) is 56.1 Å². The van der Waals surface area contributed by atoms with Gasteiger partial charge < -0.3 is 14.0 Å². The molecular formula is C18H29BClNO3. The van der Waals surface area contributed by atoms with Crippen molar-refractivity contribution in [1.82, 2.24) is 4.90 Å². The average Bonchev–Trinajstić information content (AvgIpc) is 2.75. The molecule has 0 saturated carbocycles. The van der Waals surface area contributed by atoms with Gasteiger partial charge in [0.1, 0.15) is 0 Å². The van der Waals surface area contributed by atoms with Crippen molar-refractivity contribution in [2.45, 2.75) is 45.3 Å². The van der Waals surface area contributed by atoms with Gasteiger partial charge in [0.15, 0.2) is 0 Å². The lowest BCUT2D eigenvalue weighted by Crippen LogP contribution is -2.41. The molecule has 2 heterocycles. The molecule has 6 heteroatoms. The second kappa shape index (κ2) is 7.75. The van der Waals surface area contributed by atoms with Crippen molar-refractivity contribution < 1.29 is 14.0 Å². The summed E-state index contributed by atoms with van der Waals surface area (Å²) in [7, 11) is -0.270. The predicted molar refractivity (Wildman–Crippen MR) is 100 cm³/mol. The maximum atomic E-state index is 6.10. The summed E-state index contributed by atoms with van der Waals surface area (Å²) in [6, 6.07) is 8.66. The number of nitrogens with zero attached hydrogens (tertiary/aromatic N) is 1. The molecule has 134 valence electrons. The van der Waals surface area contributed by atoms with Crippen LogP contribution in [0.2, 0.25) is 0 Å². The van der Waals surface area contributed by atoms with E-state index < -0.39 is 0 Å². The third-order valence-electron chi connectivity index (χ3n) is 5.33. The Morgan fingerprint density at radius 1 is 0.958 bits per heavy atom. The summed E-state index contributed by atoms with van der Waals surface area (Å²) < 4.78 is 17.6. The van der Waals surface area contributed by atoms with E-state index in [4.69, 9.17) is 14.0 Å². The van der Waals surface area contributed by atoms with Crippen molar-refractivity contribution in [3.05, 3.63) is 29.8 Å². The van der Waals surface area contributed by atoms with Crippen molar-refractivity contribution in [2.75, 3.05) is 32.8 Å². The van der Waals surface area contributed by atoms with Crippen LogP contribution in [-0.2, 0) is 20.5 Å². The van der Waals surface area contributed by atoms with E-state index in [-0.39, 0.29) is 30.7 Å². The van der Waals surface area contributed by atoms with Crippen LogP contribution in [0.15, 0.2) is 24.3 Å². The van der Waals surface area contributed by atoms with Crippen LogP contribution in [0, 0.1) is 0 Å². The standard InChI is InChI=1S/C18H28BNO3.ClH/c1-17(2)18(3,4)23-19(22-17)16-7-5-15(6-8-16)9-10-20-11-13-21-14-12-20;/h5-8H,9-14H2,1-4H3;1H. The van der Waals surface area contributed by atoms with Crippen LogP contribution in [0.4, 0.5) is 0 Å². The summed E-state index contributed by atoms with van der Waals surface area (Å²) >= 11 is 0. The summed E-state index contributed by atoms with van der Waals surface area (Å²) in [6.07, 6.45) is 1.07. The van der Waals surface area contributed by atoms with Gasteiger partial charge >= 0.3 is 7.12 Å². The van der Waals surface area contributed by atoms with E-state index in [1.54, 1.807) is 0 Å². The van der Waals surface area contributed by atoms with Gasteiger partial charge in [-0.05, 0) is 45.1 Å². The SMILES string of the molecule is CC1(C)OB(c2ccc(CCN3CCOCC3)cc2)OC1(C)C.Cl. The molecule has 3 rings (SSSR count). The fraction of sp³-hybridized carbons (Fsp3) is 0.667. The first kappa shape index (κ1) is 19.7. The highest BCUT2D eigenvalue weighted by Gasteiger charge is 2.51. The van der Waals surface area contributed by atoms with Gasteiger partial charge in [-0.1, -0.05) is 24.3 Å². The molecular weight excluding hydrogens is 324 g/mol. The van der Waals surface area contributed by atoms with Crippen LogP contribution < -0.4 is 5.46 Å². The summed E-state index contributed by atoms with van der Waals surface area (Å²) in [6.45, 7) is 13.3. The van der Waals surface area contributed by atoms with Crippen molar-refractivity contribution in [2.24, 2.45) is 0 Å². The minimum Gasteiger partial charge on any atom is -0.399 e. The molecule has 0 spiro atoms. The fourth-order valence-electron chi connectivity index (χ4n) is 2.93. The number of hydrogen-bond donors (Lipinski definition) is 0. The number of hydrogen-bond acceptors (Lipinski definition) is 4. The Hall–Kier alpha value is -0.585. The molecule has 0 aliphatic carbocycles. The molecule has 0 N–H and O–H groups in total. The van der Waals surface area contributed by atoms with Gasteiger partial charge in [-0.25, -0.2) is 0 Å². The summed E-state index contributed by atoms with van der Waals surface area (Å²) in [4.78, 5) is 2.46. The van der Waals surface area contributed by atoms with Gasteiger partial charge in [0.05, 0.1) is 24.4 Å². The molecule has 0 radical (unpaired) electrons. The van der Waals surface area contributed by atoms with E-state index in [2.05, 4.69) is 56.9 Å². The zero-order valence-corrected chi connectivity index (χ0v) is 16.0. The molecule has 0 aromatic heterocycles. The third-order valence-corrected chi connectivity index (χ3v) is 5.33. The lowest BCUT2D eigenvalue weighted by molar-refractivity contribution is 0.00578. The Kier molecular flexibility index (Phi) is 6.37. The minimum atomic E-state index is -0.285. The molecule has 2 saturated heterocycles. The van der Waals surface area contributed by atoms with Gasteiger partial charge in [-0.3, -0.25) is 4.90 Å². The van der Waals surface area contributed by atoms with Crippen molar-refractivity contribution >= 4 is 25.0 Å². The summed E-state index contributed by atoms with van der Waals surface area (Å²) in [5.74, 6) is 0. The van der Waals surface area contributed by atoms with Crippen molar-refractivity contribution in [1.29, 1.82) is 0 Å². The van der Waals surface area contributed by atoms with Crippen LogP contribution in [0.1, 0.15) is 33.3 Å². The molecule has 0 bridgehead atoms. The zero-order valence-electron chi connectivity index (χ0n) is 15.2. The first-order chi connectivity index (χ1) is 10.9. The first-order valence-electron chi connectivity index (χ1n) is 8.62. The molecule has 2 aliphatic rings. The third kappa shape index (κ3) is 4.33. The average molecular weight is 354 g/mol. The number of ether oxygens (including phenoxy) is 1. The topological polar surface area (TPSA) is 30.9 Å². The molecule has 0 amide bonds. The Balaban J connectivity index is 0.00000208. The highest BCUT2D eigenvalue weighted by Crippen LogP contribution is 2.36. The fourth-order valence-corrected chi connectivity index (χ4v) is 2.93. The Morgan fingerprint density at radius 2 is 1.50 bits per heavy atom. The normalized spacial score (nSPS) is 23.1. The number of benzene rings is 1. The van der Waals surface area contributed by atoms with E-state index in [0.29, 0.717) is 0 Å². The minimum absolute atomic E-state index is 0. The van der Waals surface area contributed by atoms with Gasteiger partial charge in [0.25, 0.3) is 0 Å². The highest BCUT2D eigenvalue weighted by atomic mass is 35.5. The van der Waals surface area contributed by atoms with Crippen LogP contribution in [0.5, 0.6) is 0 Å². The summed E-state index contributed by atoms with van der Waals surface area (Å²) in [5, 5.41) is 0. The van der Waals surface area contributed by atoms with E-state index in [9.17, 15) is 0 Å². The van der Waals surface area contributed by atoms with E-state index in [1.165, 1.54) is 5.56 Å². The second-order valence-corrected chi connectivity index (χ2v) is 7.53. The van der Waals surface area contributed by atoms with Crippen molar-refractivity contribution in [3.8, 4) is 0 Å². The number of halogens is 1. The van der Waals surface area contributed by atoms with Gasteiger partial charge in [-0.2, -0.15) is 0 Å². The molecule has 0 unspecified atom stereocenters. The lowest BCUT2D eigenvalue weighted by atomic mass is 9.79. The maximum absolute atomic E-state index is 6.10. The Morgan fingerprint density at radius 3 is 2.04 bits per heavy atom. The molecule has 4 nitrogen and oxygen atoms in total. The van der Waals surface area contributed by atoms with E-state index in [0.717, 1.165) is 44.7 Å². The van der Waals surface area contributed by atoms with E-state index in [1.807, 2.05) is 0 Å². The largest absolute Gasteiger partial charge is 0.494 e. The van der Waals surface area contributed by atoms with Gasteiger partial charge in [0.2, 0.25) is 0 Å². The van der Waals surface area contributed by atoms with Crippen LogP contribution >= 0.6 is 12.4 Å². The lowest BCUT2D eigenvalue weighted by Gasteiger charge is -2.32. The molecule has 24 heavy (non-hydrogen) atoms. The quantitative estimate of drug-likeness (QED) is 0.777. The molecule has 1 aromatic rings. The monoisotopic (exact) mass is 353 g/mol. The molecule has 0 atom stereocenters. The van der Waals surface area contributed by atoms with Crippen molar-refractivity contribution in [3.63, 3.8) is 0 Å². The molecule has 2 aliphatic heterocycles. The Labute approximate surface area is 152 Å². The smallest absolute Gasteiger partial charge is 0.399 e. The maximum Gasteiger partial charge on any atom is 0.494 e. The van der Waals surface area contributed by atoms with E-state index >= 15 is 0 Å². The van der Waals surface area contributed by atoms with Gasteiger partial charge in [0, 0.05) is 19.6 Å². The number of morpholine rings is 1. The Bertz CT molecular complexity index is 514. The number of rotatable bonds is 4.